The van der Waals surface area contributed by atoms with E-state index in [0.717, 1.165) is 0 Å². The topological polar surface area (TPSA) is 84.9 Å². The van der Waals surface area contributed by atoms with Gasteiger partial charge in [0.2, 0.25) is 5.91 Å². The first-order valence-electron chi connectivity index (χ1n) is 6.37. The minimum atomic E-state index is -1.23. The van der Waals surface area contributed by atoms with Gasteiger partial charge in [-0.2, -0.15) is 0 Å². The highest BCUT2D eigenvalue weighted by molar-refractivity contribution is 5.84. The van der Waals surface area contributed by atoms with Gasteiger partial charge in [-0.3, -0.25) is 4.79 Å². The molecule has 2 N–H and O–H groups in total. The molecule has 0 saturated heterocycles. The van der Waals surface area contributed by atoms with Crippen molar-refractivity contribution in [1.29, 1.82) is 0 Å². The molecule has 0 bridgehead atoms. The Morgan fingerprint density at radius 3 is 2.67 bits per heavy atom. The lowest BCUT2D eigenvalue weighted by Crippen LogP contribution is -2.44. The van der Waals surface area contributed by atoms with Crippen LogP contribution in [-0.2, 0) is 25.5 Å². The molecule has 0 spiro atoms. The zero-order chi connectivity index (χ0) is 15.7. The maximum absolute atomic E-state index is 13.5. The summed E-state index contributed by atoms with van der Waals surface area (Å²) in [5.74, 6) is -2.31. The van der Waals surface area contributed by atoms with Gasteiger partial charge >= 0.3 is 5.97 Å². The maximum atomic E-state index is 13.5. The monoisotopic (exact) mass is 299 g/mol. The number of amides is 1. The molecule has 116 valence electrons. The Balaban J connectivity index is 2.52. The third-order valence-corrected chi connectivity index (χ3v) is 2.68. The Morgan fingerprint density at radius 2 is 2.05 bits per heavy atom. The number of carboxylic acids is 1. The molecule has 0 fully saturated rings. The van der Waals surface area contributed by atoms with Crippen LogP contribution in [0.15, 0.2) is 24.3 Å². The standard InChI is InChI=1S/C14H18FNO5/c1-20-6-7-21-9-13(17)16-12(14(18)19)8-10-4-2-3-5-11(10)15/h2-5,12H,6-9H2,1H3,(H,16,17)(H,18,19)/t12-/m0/s1. The second-order valence-electron chi connectivity index (χ2n) is 4.30. The molecule has 7 heteroatoms. The first-order valence-corrected chi connectivity index (χ1v) is 6.37. The Kier molecular flexibility index (Phi) is 7.34. The number of ether oxygens (including phenoxy) is 2. The smallest absolute Gasteiger partial charge is 0.326 e. The number of carboxylic acid groups (broad SMARTS) is 1. The average molecular weight is 299 g/mol. The fourth-order valence-corrected chi connectivity index (χ4v) is 1.63. The zero-order valence-electron chi connectivity index (χ0n) is 11.7. The highest BCUT2D eigenvalue weighted by Gasteiger charge is 2.21. The van der Waals surface area contributed by atoms with E-state index in [4.69, 9.17) is 14.6 Å². The molecule has 0 radical (unpaired) electrons. The minimum absolute atomic E-state index is 0.133. The van der Waals surface area contributed by atoms with E-state index in [1.165, 1.54) is 25.3 Å². The molecule has 1 aromatic carbocycles. The normalized spacial score (nSPS) is 11.9. The Morgan fingerprint density at radius 1 is 1.33 bits per heavy atom. The molecular formula is C14H18FNO5. The molecule has 0 aliphatic carbocycles. The van der Waals surface area contributed by atoms with Gasteiger partial charge in [0, 0.05) is 13.5 Å². The molecule has 0 aromatic heterocycles. The van der Waals surface area contributed by atoms with Crippen molar-refractivity contribution in [1.82, 2.24) is 5.32 Å². The number of hydrogen-bond donors (Lipinski definition) is 2. The first kappa shape index (κ1) is 17.1. The number of methoxy groups -OCH3 is 1. The van der Waals surface area contributed by atoms with Crippen molar-refractivity contribution < 1.29 is 28.6 Å². The largest absolute Gasteiger partial charge is 0.480 e. The number of nitrogens with one attached hydrogen (secondary N) is 1. The maximum Gasteiger partial charge on any atom is 0.326 e. The quantitative estimate of drug-likeness (QED) is 0.652. The summed E-state index contributed by atoms with van der Waals surface area (Å²) in [6.45, 7) is 0.296. The highest BCUT2D eigenvalue weighted by Crippen LogP contribution is 2.09. The van der Waals surface area contributed by atoms with Crippen molar-refractivity contribution in [2.75, 3.05) is 26.9 Å². The van der Waals surface area contributed by atoms with Gasteiger partial charge in [-0.25, -0.2) is 9.18 Å². The summed E-state index contributed by atoms with van der Waals surface area (Å²) in [5.41, 5.74) is 0.227. The number of hydrogen-bond acceptors (Lipinski definition) is 4. The summed E-state index contributed by atoms with van der Waals surface area (Å²) >= 11 is 0. The Hall–Kier alpha value is -1.99. The van der Waals surface area contributed by atoms with Crippen LogP contribution in [0.3, 0.4) is 0 Å². The van der Waals surface area contributed by atoms with E-state index in [-0.39, 0.29) is 25.2 Å². The van der Waals surface area contributed by atoms with Crippen molar-refractivity contribution in [3.63, 3.8) is 0 Å². The van der Waals surface area contributed by atoms with Gasteiger partial charge in [0.05, 0.1) is 13.2 Å². The molecule has 6 nitrogen and oxygen atoms in total. The lowest BCUT2D eigenvalue weighted by Gasteiger charge is -2.15. The van der Waals surface area contributed by atoms with Crippen molar-refractivity contribution in [3.05, 3.63) is 35.6 Å². The summed E-state index contributed by atoms with van der Waals surface area (Å²) in [6.07, 6.45) is -0.133. The summed E-state index contributed by atoms with van der Waals surface area (Å²) in [5, 5.41) is 11.4. The number of halogens is 1. The van der Waals surface area contributed by atoms with E-state index < -0.39 is 23.7 Å². The SMILES string of the molecule is COCCOCC(=O)N[C@@H](Cc1ccccc1F)C(=O)O. The van der Waals surface area contributed by atoms with E-state index in [1.807, 2.05) is 0 Å². The molecule has 1 amide bonds. The average Bonchev–Trinajstić information content (AvgIpc) is 2.45. The molecule has 0 aliphatic heterocycles. The van der Waals surface area contributed by atoms with Crippen molar-refractivity contribution in [2.24, 2.45) is 0 Å². The highest BCUT2D eigenvalue weighted by atomic mass is 19.1. The van der Waals surface area contributed by atoms with Crippen LogP contribution in [0.25, 0.3) is 0 Å². The molecule has 0 saturated carbocycles. The molecule has 0 heterocycles. The fourth-order valence-electron chi connectivity index (χ4n) is 1.63. The predicted molar refractivity (Wildman–Crippen MR) is 72.4 cm³/mol. The lowest BCUT2D eigenvalue weighted by atomic mass is 10.1. The van der Waals surface area contributed by atoms with Crippen molar-refractivity contribution >= 4 is 11.9 Å². The molecule has 0 aliphatic rings. The van der Waals surface area contributed by atoms with Gasteiger partial charge < -0.3 is 19.9 Å². The van der Waals surface area contributed by atoms with Gasteiger partial charge in [0.1, 0.15) is 18.5 Å². The second kappa shape index (κ2) is 9.04. The summed E-state index contributed by atoms with van der Waals surface area (Å²) in [4.78, 5) is 22.7. The first-order chi connectivity index (χ1) is 10.0. The third kappa shape index (κ3) is 6.33. The number of carbonyl (C=O) groups excluding carboxylic acids is 1. The van der Waals surface area contributed by atoms with Crippen LogP contribution in [0, 0.1) is 5.82 Å². The van der Waals surface area contributed by atoms with Crippen LogP contribution in [0.1, 0.15) is 5.56 Å². The molecule has 0 unspecified atom stereocenters. The summed E-state index contributed by atoms with van der Waals surface area (Å²) in [6, 6.07) is 4.63. The zero-order valence-corrected chi connectivity index (χ0v) is 11.7. The van der Waals surface area contributed by atoms with E-state index in [0.29, 0.717) is 6.61 Å². The van der Waals surface area contributed by atoms with Gasteiger partial charge in [0.25, 0.3) is 0 Å². The molecule has 1 aromatic rings. The van der Waals surface area contributed by atoms with Gasteiger partial charge in [0.15, 0.2) is 0 Å². The number of carbonyl (C=O) groups is 2. The Labute approximate surface area is 121 Å². The van der Waals surface area contributed by atoms with Gasteiger partial charge in [-0.05, 0) is 11.6 Å². The van der Waals surface area contributed by atoms with Gasteiger partial charge in [-0.1, -0.05) is 18.2 Å². The number of rotatable bonds is 9. The molecule has 1 atom stereocenters. The molecule has 1 rings (SSSR count). The fraction of sp³-hybridized carbons (Fsp3) is 0.429. The van der Waals surface area contributed by atoms with Crippen LogP contribution in [0.4, 0.5) is 4.39 Å². The summed E-state index contributed by atoms with van der Waals surface area (Å²) < 4.78 is 23.2. The molecule has 21 heavy (non-hydrogen) atoms. The van der Waals surface area contributed by atoms with Crippen LogP contribution in [0.2, 0.25) is 0 Å². The van der Waals surface area contributed by atoms with Crippen LogP contribution >= 0.6 is 0 Å². The third-order valence-electron chi connectivity index (χ3n) is 2.68. The van der Waals surface area contributed by atoms with Crippen molar-refractivity contribution in [3.8, 4) is 0 Å². The number of aliphatic carboxylic acids is 1. The number of benzene rings is 1. The molecular weight excluding hydrogens is 281 g/mol. The van der Waals surface area contributed by atoms with Crippen LogP contribution in [-0.4, -0.2) is 50.0 Å². The van der Waals surface area contributed by atoms with E-state index in [9.17, 15) is 14.0 Å². The van der Waals surface area contributed by atoms with Gasteiger partial charge in [-0.15, -0.1) is 0 Å². The van der Waals surface area contributed by atoms with Crippen LogP contribution in [0.5, 0.6) is 0 Å². The van der Waals surface area contributed by atoms with E-state index >= 15 is 0 Å². The van der Waals surface area contributed by atoms with E-state index in [2.05, 4.69) is 5.32 Å². The van der Waals surface area contributed by atoms with Crippen molar-refractivity contribution in [2.45, 2.75) is 12.5 Å². The minimum Gasteiger partial charge on any atom is -0.480 e. The summed E-state index contributed by atoms with van der Waals surface area (Å²) in [7, 11) is 1.50. The lowest BCUT2D eigenvalue weighted by molar-refractivity contribution is -0.142. The van der Waals surface area contributed by atoms with E-state index in [1.54, 1.807) is 6.07 Å². The Bertz CT molecular complexity index is 480. The second-order valence-corrected chi connectivity index (χ2v) is 4.30. The predicted octanol–water partition coefficient (Wildman–Crippen LogP) is 0.601. The van der Waals surface area contributed by atoms with Crippen LogP contribution < -0.4 is 5.32 Å².